The van der Waals surface area contributed by atoms with E-state index in [0.717, 1.165) is 17.4 Å². The summed E-state index contributed by atoms with van der Waals surface area (Å²) in [4.78, 5) is 11.2. The molecule has 0 bridgehead atoms. The van der Waals surface area contributed by atoms with Crippen molar-refractivity contribution in [2.75, 3.05) is 7.11 Å². The van der Waals surface area contributed by atoms with E-state index in [-0.39, 0.29) is 0 Å². The minimum atomic E-state index is 0.425. The van der Waals surface area contributed by atoms with Gasteiger partial charge in [-0.1, -0.05) is 43.0 Å². The Morgan fingerprint density at radius 2 is 1.95 bits per heavy atom. The zero-order chi connectivity index (χ0) is 15.2. The van der Waals surface area contributed by atoms with Gasteiger partial charge in [0, 0.05) is 16.7 Å². The van der Waals surface area contributed by atoms with Gasteiger partial charge in [-0.25, -0.2) is 0 Å². The zero-order valence-corrected chi connectivity index (χ0v) is 12.3. The predicted molar refractivity (Wildman–Crippen MR) is 84.0 cm³/mol. The topological polar surface area (TPSA) is 35.5 Å². The van der Waals surface area contributed by atoms with E-state index in [1.165, 1.54) is 0 Å². The Labute approximate surface area is 124 Å². The molecule has 3 nitrogen and oxygen atoms in total. The van der Waals surface area contributed by atoms with Crippen LogP contribution in [0.5, 0.6) is 11.5 Å². The van der Waals surface area contributed by atoms with Crippen molar-refractivity contribution >= 4 is 12.4 Å². The van der Waals surface area contributed by atoms with Gasteiger partial charge in [0.15, 0.2) is 6.29 Å². The molecule has 0 aliphatic rings. The Balaban J connectivity index is 2.40. The lowest BCUT2D eigenvalue weighted by atomic mass is 10.0. The molecule has 0 atom stereocenters. The zero-order valence-electron chi connectivity index (χ0n) is 12.3. The van der Waals surface area contributed by atoms with Crippen LogP contribution in [0.3, 0.4) is 0 Å². The quantitative estimate of drug-likeness (QED) is 0.750. The van der Waals surface area contributed by atoms with Crippen molar-refractivity contribution in [3.05, 3.63) is 65.2 Å². The molecule has 0 unspecified atom stereocenters. The van der Waals surface area contributed by atoms with Crippen LogP contribution in [-0.2, 0) is 6.61 Å². The van der Waals surface area contributed by atoms with E-state index in [9.17, 15) is 4.79 Å². The van der Waals surface area contributed by atoms with E-state index >= 15 is 0 Å². The van der Waals surface area contributed by atoms with Crippen molar-refractivity contribution in [2.24, 2.45) is 0 Å². The van der Waals surface area contributed by atoms with Crippen molar-refractivity contribution in [1.82, 2.24) is 0 Å². The van der Waals surface area contributed by atoms with Gasteiger partial charge in [0.05, 0.1) is 7.11 Å². The van der Waals surface area contributed by atoms with Crippen molar-refractivity contribution in [2.45, 2.75) is 13.5 Å². The molecular weight excluding hydrogens is 264 g/mol. The molecule has 0 radical (unpaired) electrons. The molecule has 2 aromatic rings. The monoisotopic (exact) mass is 282 g/mol. The largest absolute Gasteiger partial charge is 0.496 e. The van der Waals surface area contributed by atoms with Crippen molar-refractivity contribution in [3.63, 3.8) is 0 Å². The van der Waals surface area contributed by atoms with E-state index in [4.69, 9.17) is 9.47 Å². The summed E-state index contributed by atoms with van der Waals surface area (Å²) in [5, 5.41) is 0. The number of benzene rings is 2. The average molecular weight is 282 g/mol. The highest BCUT2D eigenvalue weighted by Crippen LogP contribution is 2.35. The number of hydrogen-bond acceptors (Lipinski definition) is 3. The predicted octanol–water partition coefficient (Wildman–Crippen LogP) is 4.04. The second-order valence-electron chi connectivity index (χ2n) is 4.63. The number of rotatable bonds is 6. The van der Waals surface area contributed by atoms with Crippen LogP contribution in [0.4, 0.5) is 0 Å². The number of methoxy groups -OCH3 is 1. The Morgan fingerprint density at radius 3 is 2.52 bits per heavy atom. The van der Waals surface area contributed by atoms with Crippen LogP contribution in [0.1, 0.15) is 27.0 Å². The molecule has 108 valence electrons. The summed E-state index contributed by atoms with van der Waals surface area (Å²) in [5.74, 6) is 1.26. The molecular formula is C18H18O3. The highest BCUT2D eigenvalue weighted by atomic mass is 16.5. The molecule has 0 N–H and O–H groups in total. The van der Waals surface area contributed by atoms with Gasteiger partial charge in [0.2, 0.25) is 0 Å². The van der Waals surface area contributed by atoms with E-state index in [2.05, 4.69) is 6.58 Å². The summed E-state index contributed by atoms with van der Waals surface area (Å²) in [6, 6.07) is 11.6. The van der Waals surface area contributed by atoms with Crippen molar-refractivity contribution in [3.8, 4) is 11.5 Å². The van der Waals surface area contributed by atoms with Crippen LogP contribution in [0.15, 0.2) is 43.0 Å². The number of hydrogen-bond donors (Lipinski definition) is 0. The van der Waals surface area contributed by atoms with Gasteiger partial charge < -0.3 is 9.47 Å². The molecule has 0 aliphatic heterocycles. The van der Waals surface area contributed by atoms with Crippen LogP contribution in [0, 0.1) is 6.92 Å². The number of carbonyl (C=O) groups is 1. The maximum Gasteiger partial charge on any atom is 0.150 e. The number of ether oxygens (including phenoxy) is 2. The molecule has 21 heavy (non-hydrogen) atoms. The van der Waals surface area contributed by atoms with E-state index < -0.39 is 0 Å². The van der Waals surface area contributed by atoms with Crippen LogP contribution in [-0.4, -0.2) is 13.4 Å². The fourth-order valence-electron chi connectivity index (χ4n) is 2.21. The smallest absolute Gasteiger partial charge is 0.150 e. The first-order valence-electron chi connectivity index (χ1n) is 6.67. The number of aldehydes is 1. The second kappa shape index (κ2) is 6.75. The molecule has 2 aromatic carbocycles. The SMILES string of the molecule is C=Cc1c(C=O)cc(OC)c(C)c1OCc1ccccc1. The highest BCUT2D eigenvalue weighted by molar-refractivity contribution is 5.85. The standard InChI is InChI=1S/C18H18O3/c1-4-16-15(11-19)10-17(20-3)13(2)18(16)21-12-14-8-6-5-7-9-14/h4-11H,1,12H2,2-3H3. The molecule has 2 rings (SSSR count). The molecule has 0 heterocycles. The van der Waals surface area contributed by atoms with Crippen molar-refractivity contribution < 1.29 is 14.3 Å². The third-order valence-corrected chi connectivity index (χ3v) is 3.33. The molecule has 0 fully saturated rings. The Bertz CT molecular complexity index is 645. The Morgan fingerprint density at radius 1 is 1.24 bits per heavy atom. The second-order valence-corrected chi connectivity index (χ2v) is 4.63. The van der Waals surface area contributed by atoms with E-state index in [0.29, 0.717) is 29.2 Å². The third kappa shape index (κ3) is 3.14. The molecule has 0 saturated carbocycles. The summed E-state index contributed by atoms with van der Waals surface area (Å²) in [5.41, 5.74) is 3.12. The molecule has 0 aliphatic carbocycles. The Hall–Kier alpha value is -2.55. The first kappa shape index (κ1) is 14.9. The van der Waals surface area contributed by atoms with Gasteiger partial charge in [-0.3, -0.25) is 4.79 Å². The van der Waals surface area contributed by atoms with Gasteiger partial charge in [-0.15, -0.1) is 0 Å². The van der Waals surface area contributed by atoms with Crippen LogP contribution in [0.2, 0.25) is 0 Å². The lowest BCUT2D eigenvalue weighted by Crippen LogP contribution is -2.03. The molecule has 3 heteroatoms. The lowest BCUT2D eigenvalue weighted by molar-refractivity contribution is 0.112. The Kier molecular flexibility index (Phi) is 4.77. The summed E-state index contributed by atoms with van der Waals surface area (Å²) < 4.78 is 11.2. The number of carbonyl (C=O) groups excluding carboxylic acids is 1. The summed E-state index contributed by atoms with van der Waals surface area (Å²) in [7, 11) is 1.57. The summed E-state index contributed by atoms with van der Waals surface area (Å²) in [6.45, 7) is 6.10. The van der Waals surface area contributed by atoms with E-state index in [1.54, 1.807) is 19.3 Å². The van der Waals surface area contributed by atoms with Gasteiger partial charge >= 0.3 is 0 Å². The fraction of sp³-hybridized carbons (Fsp3) is 0.167. The molecule has 0 saturated heterocycles. The maximum absolute atomic E-state index is 11.2. The summed E-state index contributed by atoms with van der Waals surface area (Å²) >= 11 is 0. The molecule has 0 amide bonds. The fourth-order valence-corrected chi connectivity index (χ4v) is 2.21. The highest BCUT2D eigenvalue weighted by Gasteiger charge is 2.15. The van der Waals surface area contributed by atoms with Gasteiger partial charge in [-0.2, -0.15) is 0 Å². The van der Waals surface area contributed by atoms with Crippen LogP contribution < -0.4 is 9.47 Å². The van der Waals surface area contributed by atoms with Crippen molar-refractivity contribution in [1.29, 1.82) is 0 Å². The lowest BCUT2D eigenvalue weighted by Gasteiger charge is -2.17. The van der Waals surface area contributed by atoms with Gasteiger partial charge in [-0.05, 0) is 18.6 Å². The third-order valence-electron chi connectivity index (χ3n) is 3.33. The maximum atomic E-state index is 11.2. The minimum absolute atomic E-state index is 0.425. The van der Waals surface area contributed by atoms with Gasteiger partial charge in [0.25, 0.3) is 0 Å². The normalized spacial score (nSPS) is 10.0. The molecule has 0 aromatic heterocycles. The minimum Gasteiger partial charge on any atom is -0.496 e. The van der Waals surface area contributed by atoms with E-state index in [1.807, 2.05) is 37.3 Å². The first-order chi connectivity index (χ1) is 10.2. The first-order valence-corrected chi connectivity index (χ1v) is 6.67. The van der Waals surface area contributed by atoms with Crippen LogP contribution in [0.25, 0.3) is 6.08 Å². The van der Waals surface area contributed by atoms with Crippen LogP contribution >= 0.6 is 0 Å². The summed E-state index contributed by atoms with van der Waals surface area (Å²) in [6.07, 6.45) is 2.42. The van der Waals surface area contributed by atoms with Gasteiger partial charge in [0.1, 0.15) is 18.1 Å². The average Bonchev–Trinajstić information content (AvgIpc) is 2.54. The molecule has 0 spiro atoms.